The Balaban J connectivity index is 1.86. The Hall–Kier alpha value is -1.36. The monoisotopic (exact) mass is 267 g/mol. The minimum Gasteiger partial charge on any atom is -0.481 e. The third-order valence-electron chi connectivity index (χ3n) is 3.32. The van der Waals surface area contributed by atoms with E-state index in [-0.39, 0.29) is 11.8 Å². The highest BCUT2D eigenvalue weighted by Gasteiger charge is 2.26. The molecule has 0 radical (unpaired) electrons. The number of rotatable bonds is 3. The molecule has 4 nitrogen and oxygen atoms in total. The van der Waals surface area contributed by atoms with E-state index in [9.17, 15) is 9.59 Å². The molecule has 18 heavy (non-hydrogen) atoms. The molecule has 1 fully saturated rings. The highest BCUT2D eigenvalue weighted by atomic mass is 32.1. The number of piperidine rings is 1. The Morgan fingerprint density at radius 3 is 2.56 bits per heavy atom. The quantitative estimate of drug-likeness (QED) is 0.910. The first kappa shape index (κ1) is 13.1. The van der Waals surface area contributed by atoms with Crippen LogP contribution in [-0.4, -0.2) is 35.0 Å². The first-order chi connectivity index (χ1) is 8.56. The van der Waals surface area contributed by atoms with Gasteiger partial charge in [0.2, 0.25) is 5.91 Å². The molecular formula is C13H17NO3S. The van der Waals surface area contributed by atoms with Crippen LogP contribution in [0.1, 0.15) is 22.6 Å². The van der Waals surface area contributed by atoms with E-state index in [4.69, 9.17) is 5.11 Å². The lowest BCUT2D eigenvalue weighted by Gasteiger charge is -2.30. The maximum absolute atomic E-state index is 12.0. The molecule has 1 aliphatic heterocycles. The number of likely N-dealkylation sites (tertiary alicyclic amines) is 1. The Morgan fingerprint density at radius 2 is 2.06 bits per heavy atom. The summed E-state index contributed by atoms with van der Waals surface area (Å²) in [6, 6.07) is 4.01. The van der Waals surface area contributed by atoms with E-state index in [1.165, 1.54) is 4.88 Å². The zero-order valence-corrected chi connectivity index (χ0v) is 11.2. The molecule has 1 aromatic heterocycles. The van der Waals surface area contributed by atoms with Crippen molar-refractivity contribution in [3.8, 4) is 0 Å². The predicted octanol–water partition coefficient (Wildman–Crippen LogP) is 1.92. The summed E-state index contributed by atoms with van der Waals surface area (Å²) in [7, 11) is 0. The molecule has 1 saturated heterocycles. The predicted molar refractivity (Wildman–Crippen MR) is 69.7 cm³/mol. The Labute approximate surface area is 110 Å². The third kappa shape index (κ3) is 3.10. The Morgan fingerprint density at radius 1 is 1.39 bits per heavy atom. The van der Waals surface area contributed by atoms with Gasteiger partial charge in [0.1, 0.15) is 0 Å². The van der Waals surface area contributed by atoms with Crippen molar-refractivity contribution in [1.82, 2.24) is 4.90 Å². The summed E-state index contributed by atoms with van der Waals surface area (Å²) in [5.41, 5.74) is 0. The standard InChI is InChI=1S/C13H17NO3S/c1-9-2-3-11(18-9)8-12(15)14-6-4-10(5-7-14)13(16)17/h2-3,10H,4-8H2,1H3,(H,16,17). The number of thiophene rings is 1. The molecule has 5 heteroatoms. The van der Waals surface area contributed by atoms with Gasteiger partial charge in [-0.15, -0.1) is 11.3 Å². The van der Waals surface area contributed by atoms with Crippen LogP contribution in [0.15, 0.2) is 12.1 Å². The number of aliphatic carboxylic acids is 1. The number of nitrogens with zero attached hydrogens (tertiary/aromatic N) is 1. The van der Waals surface area contributed by atoms with Crippen molar-refractivity contribution in [2.75, 3.05) is 13.1 Å². The lowest BCUT2D eigenvalue weighted by molar-refractivity contribution is -0.145. The van der Waals surface area contributed by atoms with Crippen molar-refractivity contribution in [2.24, 2.45) is 5.92 Å². The van der Waals surface area contributed by atoms with Crippen LogP contribution in [0.4, 0.5) is 0 Å². The van der Waals surface area contributed by atoms with Gasteiger partial charge in [-0.1, -0.05) is 0 Å². The first-order valence-corrected chi connectivity index (χ1v) is 6.94. The summed E-state index contributed by atoms with van der Waals surface area (Å²) in [5.74, 6) is -0.908. The minimum atomic E-state index is -0.740. The van der Waals surface area contributed by atoms with E-state index in [1.54, 1.807) is 16.2 Å². The fraction of sp³-hybridized carbons (Fsp3) is 0.538. The number of carbonyl (C=O) groups excluding carboxylic acids is 1. The zero-order valence-electron chi connectivity index (χ0n) is 10.4. The SMILES string of the molecule is Cc1ccc(CC(=O)N2CCC(C(=O)O)CC2)s1. The zero-order chi connectivity index (χ0) is 13.1. The molecule has 1 amide bonds. The minimum absolute atomic E-state index is 0.112. The maximum Gasteiger partial charge on any atom is 0.306 e. The van der Waals surface area contributed by atoms with Gasteiger partial charge < -0.3 is 10.0 Å². The van der Waals surface area contributed by atoms with Crippen molar-refractivity contribution < 1.29 is 14.7 Å². The van der Waals surface area contributed by atoms with Gasteiger partial charge >= 0.3 is 5.97 Å². The highest BCUT2D eigenvalue weighted by Crippen LogP contribution is 2.20. The maximum atomic E-state index is 12.0. The Bertz CT molecular complexity index is 447. The third-order valence-corrected chi connectivity index (χ3v) is 4.32. The van der Waals surface area contributed by atoms with Crippen LogP contribution >= 0.6 is 11.3 Å². The van der Waals surface area contributed by atoms with Crippen molar-refractivity contribution in [1.29, 1.82) is 0 Å². The lowest BCUT2D eigenvalue weighted by atomic mass is 9.97. The highest BCUT2D eigenvalue weighted by molar-refractivity contribution is 7.12. The molecule has 1 aliphatic rings. The molecule has 2 rings (SSSR count). The lowest BCUT2D eigenvalue weighted by Crippen LogP contribution is -2.40. The molecule has 0 saturated carbocycles. The van der Waals surface area contributed by atoms with Crippen LogP contribution in [0.2, 0.25) is 0 Å². The van der Waals surface area contributed by atoms with E-state index < -0.39 is 5.97 Å². The van der Waals surface area contributed by atoms with Gasteiger partial charge in [0.15, 0.2) is 0 Å². The van der Waals surface area contributed by atoms with E-state index in [0.29, 0.717) is 32.4 Å². The van der Waals surface area contributed by atoms with Crippen molar-refractivity contribution in [2.45, 2.75) is 26.2 Å². The van der Waals surface area contributed by atoms with Crippen LogP contribution < -0.4 is 0 Å². The van der Waals surface area contributed by atoms with Crippen LogP contribution in [0.5, 0.6) is 0 Å². The van der Waals surface area contributed by atoms with Gasteiger partial charge in [-0.05, 0) is 31.9 Å². The van der Waals surface area contributed by atoms with Gasteiger partial charge in [-0.3, -0.25) is 9.59 Å². The molecule has 1 aromatic rings. The summed E-state index contributed by atoms with van der Waals surface area (Å²) in [6.45, 7) is 3.16. The average molecular weight is 267 g/mol. The van der Waals surface area contributed by atoms with Crippen molar-refractivity contribution in [3.63, 3.8) is 0 Å². The summed E-state index contributed by atoms with van der Waals surface area (Å²) in [6.07, 6.45) is 1.59. The van der Waals surface area contributed by atoms with Crippen LogP contribution in [-0.2, 0) is 16.0 Å². The molecule has 2 heterocycles. The summed E-state index contributed by atoms with van der Waals surface area (Å²) in [4.78, 5) is 26.9. The smallest absolute Gasteiger partial charge is 0.306 e. The second-order valence-corrected chi connectivity index (χ2v) is 6.05. The van der Waals surface area contributed by atoms with Crippen LogP contribution in [0, 0.1) is 12.8 Å². The molecule has 0 aromatic carbocycles. The van der Waals surface area contributed by atoms with E-state index in [0.717, 1.165) is 4.88 Å². The number of carbonyl (C=O) groups is 2. The normalized spacial score (nSPS) is 16.8. The molecule has 0 unspecified atom stereocenters. The van der Waals surface area contributed by atoms with Gasteiger partial charge in [-0.25, -0.2) is 0 Å². The van der Waals surface area contributed by atoms with E-state index >= 15 is 0 Å². The van der Waals surface area contributed by atoms with Gasteiger partial charge in [0, 0.05) is 22.8 Å². The second-order valence-electron chi connectivity index (χ2n) is 4.68. The van der Waals surface area contributed by atoms with Crippen LogP contribution in [0.3, 0.4) is 0 Å². The Kier molecular flexibility index (Phi) is 4.01. The topological polar surface area (TPSA) is 57.6 Å². The fourth-order valence-electron chi connectivity index (χ4n) is 2.22. The molecule has 0 atom stereocenters. The molecule has 0 aliphatic carbocycles. The fourth-order valence-corrected chi connectivity index (χ4v) is 3.10. The number of carboxylic acids is 1. The van der Waals surface area contributed by atoms with Gasteiger partial charge in [0.25, 0.3) is 0 Å². The van der Waals surface area contributed by atoms with Crippen LogP contribution in [0.25, 0.3) is 0 Å². The molecule has 98 valence electrons. The van der Waals surface area contributed by atoms with Gasteiger partial charge in [-0.2, -0.15) is 0 Å². The van der Waals surface area contributed by atoms with Gasteiger partial charge in [0.05, 0.1) is 12.3 Å². The van der Waals surface area contributed by atoms with E-state index in [2.05, 4.69) is 0 Å². The number of hydrogen-bond acceptors (Lipinski definition) is 3. The number of carboxylic acid groups (broad SMARTS) is 1. The molecular weight excluding hydrogens is 250 g/mol. The molecule has 1 N–H and O–H groups in total. The molecule has 0 bridgehead atoms. The first-order valence-electron chi connectivity index (χ1n) is 6.12. The summed E-state index contributed by atoms with van der Waals surface area (Å²) < 4.78 is 0. The number of amides is 1. The summed E-state index contributed by atoms with van der Waals surface area (Å²) >= 11 is 1.64. The number of hydrogen-bond donors (Lipinski definition) is 1. The molecule has 0 spiro atoms. The van der Waals surface area contributed by atoms with E-state index in [1.807, 2.05) is 19.1 Å². The largest absolute Gasteiger partial charge is 0.481 e. The summed E-state index contributed by atoms with van der Waals surface area (Å²) in [5, 5.41) is 8.90. The number of aryl methyl sites for hydroxylation is 1. The van der Waals surface area contributed by atoms with Crippen molar-refractivity contribution >= 4 is 23.2 Å². The second kappa shape index (κ2) is 5.52. The van der Waals surface area contributed by atoms with Crippen molar-refractivity contribution in [3.05, 3.63) is 21.9 Å². The average Bonchev–Trinajstić information content (AvgIpc) is 2.75.